The average molecular weight is 305 g/mol. The van der Waals surface area contributed by atoms with Crippen molar-refractivity contribution in [1.82, 2.24) is 15.5 Å². The number of likely N-dealkylation sites (tertiary alicyclic amines) is 1. The average Bonchev–Trinajstić information content (AvgIpc) is 3.00. The first-order valence-corrected chi connectivity index (χ1v) is 8.08. The first-order valence-electron chi connectivity index (χ1n) is 8.08. The van der Waals surface area contributed by atoms with Crippen LogP contribution in [-0.4, -0.2) is 50.1 Å². The maximum absolute atomic E-state index is 11.9. The highest BCUT2D eigenvalue weighted by Crippen LogP contribution is 2.17. The number of ether oxygens (including phenoxy) is 1. The van der Waals surface area contributed by atoms with Crippen molar-refractivity contribution in [1.29, 1.82) is 0 Å². The van der Waals surface area contributed by atoms with Crippen LogP contribution in [0.5, 0.6) is 5.75 Å². The number of amides is 1. The summed E-state index contributed by atoms with van der Waals surface area (Å²) in [5, 5.41) is 6.20. The number of para-hydroxylation sites is 1. The molecule has 0 bridgehead atoms. The molecule has 1 aromatic carbocycles. The van der Waals surface area contributed by atoms with Gasteiger partial charge in [-0.15, -0.1) is 0 Å². The van der Waals surface area contributed by atoms with Gasteiger partial charge in [0.25, 0.3) is 0 Å². The van der Waals surface area contributed by atoms with Gasteiger partial charge in [-0.05, 0) is 32.0 Å². The first-order chi connectivity index (χ1) is 10.7. The number of benzene rings is 1. The molecule has 2 rings (SSSR count). The summed E-state index contributed by atoms with van der Waals surface area (Å²) < 4.78 is 5.28. The third kappa shape index (κ3) is 4.71. The molecule has 22 heavy (non-hydrogen) atoms. The highest BCUT2D eigenvalue weighted by Gasteiger charge is 2.22. The lowest BCUT2D eigenvalue weighted by molar-refractivity contribution is -0.120. The summed E-state index contributed by atoms with van der Waals surface area (Å²) in [5.74, 6) is 0.826. The number of hydrogen-bond donors (Lipinski definition) is 2. The van der Waals surface area contributed by atoms with Crippen LogP contribution in [0, 0.1) is 0 Å². The number of methoxy groups -OCH3 is 1. The van der Waals surface area contributed by atoms with Gasteiger partial charge in [0.05, 0.1) is 13.7 Å². The van der Waals surface area contributed by atoms with E-state index in [9.17, 15) is 4.79 Å². The van der Waals surface area contributed by atoms with E-state index in [2.05, 4.69) is 22.5 Å². The van der Waals surface area contributed by atoms with E-state index in [0.717, 1.165) is 24.4 Å². The highest BCUT2D eigenvalue weighted by molar-refractivity contribution is 5.78. The molecule has 0 aromatic heterocycles. The van der Waals surface area contributed by atoms with Crippen LogP contribution in [0.4, 0.5) is 0 Å². The maximum atomic E-state index is 11.9. The van der Waals surface area contributed by atoms with Crippen LogP contribution < -0.4 is 15.4 Å². The topological polar surface area (TPSA) is 53.6 Å². The van der Waals surface area contributed by atoms with Gasteiger partial charge in [-0.1, -0.05) is 25.1 Å². The molecule has 0 aliphatic carbocycles. The molecule has 5 heteroatoms. The molecule has 0 unspecified atom stereocenters. The molecule has 1 saturated heterocycles. The van der Waals surface area contributed by atoms with Gasteiger partial charge in [0, 0.05) is 24.7 Å². The second kappa shape index (κ2) is 8.76. The molecular formula is C17H27N3O2. The van der Waals surface area contributed by atoms with Crippen molar-refractivity contribution in [2.24, 2.45) is 0 Å². The fourth-order valence-electron chi connectivity index (χ4n) is 3.00. The number of carbonyl (C=O) groups excluding carboxylic acids is 1. The lowest BCUT2D eigenvalue weighted by Crippen LogP contribution is -2.41. The zero-order chi connectivity index (χ0) is 15.8. The Labute approximate surface area is 133 Å². The zero-order valence-corrected chi connectivity index (χ0v) is 13.6. The Bertz CT molecular complexity index is 479. The first kappa shape index (κ1) is 16.8. The van der Waals surface area contributed by atoms with Crippen molar-refractivity contribution in [3.05, 3.63) is 29.8 Å². The van der Waals surface area contributed by atoms with Gasteiger partial charge in [0.2, 0.25) is 5.91 Å². The fourth-order valence-corrected chi connectivity index (χ4v) is 3.00. The monoisotopic (exact) mass is 305 g/mol. The Balaban J connectivity index is 1.68. The standard InChI is InChI=1S/C17H27N3O2/c1-3-20-10-6-8-15(20)12-18-13-17(21)19-11-14-7-4-5-9-16(14)22-2/h4-5,7,9,15,18H,3,6,8,10-13H2,1-2H3,(H,19,21)/t15-/m0/s1. The summed E-state index contributed by atoms with van der Waals surface area (Å²) in [4.78, 5) is 14.4. The summed E-state index contributed by atoms with van der Waals surface area (Å²) >= 11 is 0. The van der Waals surface area contributed by atoms with E-state index in [-0.39, 0.29) is 5.91 Å². The van der Waals surface area contributed by atoms with Crippen molar-refractivity contribution in [3.8, 4) is 5.75 Å². The van der Waals surface area contributed by atoms with E-state index in [1.165, 1.54) is 19.4 Å². The van der Waals surface area contributed by atoms with Crippen LogP contribution in [-0.2, 0) is 11.3 Å². The summed E-state index contributed by atoms with van der Waals surface area (Å²) in [6.07, 6.45) is 2.49. The Morgan fingerprint density at radius 1 is 1.41 bits per heavy atom. The van der Waals surface area contributed by atoms with Crippen molar-refractivity contribution >= 4 is 5.91 Å². The van der Waals surface area contributed by atoms with Crippen LogP contribution in [0.25, 0.3) is 0 Å². The molecule has 1 aliphatic heterocycles. The number of likely N-dealkylation sites (N-methyl/N-ethyl adjacent to an activating group) is 1. The fraction of sp³-hybridized carbons (Fsp3) is 0.588. The highest BCUT2D eigenvalue weighted by atomic mass is 16.5. The van der Waals surface area contributed by atoms with E-state index < -0.39 is 0 Å². The lowest BCUT2D eigenvalue weighted by Gasteiger charge is -2.22. The normalized spacial score (nSPS) is 18.4. The van der Waals surface area contributed by atoms with Crippen LogP contribution in [0.3, 0.4) is 0 Å². The van der Waals surface area contributed by atoms with E-state index in [1.807, 2.05) is 24.3 Å². The molecule has 0 radical (unpaired) electrons. The molecule has 1 atom stereocenters. The van der Waals surface area contributed by atoms with E-state index in [1.54, 1.807) is 7.11 Å². The van der Waals surface area contributed by atoms with Gasteiger partial charge in [-0.2, -0.15) is 0 Å². The number of rotatable bonds is 8. The molecule has 1 aromatic rings. The summed E-state index contributed by atoms with van der Waals surface area (Å²) in [7, 11) is 1.64. The van der Waals surface area contributed by atoms with E-state index in [4.69, 9.17) is 4.74 Å². The van der Waals surface area contributed by atoms with E-state index >= 15 is 0 Å². The van der Waals surface area contributed by atoms with E-state index in [0.29, 0.717) is 19.1 Å². The van der Waals surface area contributed by atoms with Gasteiger partial charge in [-0.3, -0.25) is 9.69 Å². The van der Waals surface area contributed by atoms with Crippen LogP contribution in [0.1, 0.15) is 25.3 Å². The van der Waals surface area contributed by atoms with Crippen LogP contribution in [0.2, 0.25) is 0 Å². The second-order valence-electron chi connectivity index (χ2n) is 5.64. The number of nitrogens with zero attached hydrogens (tertiary/aromatic N) is 1. The predicted octanol–water partition coefficient (Wildman–Crippen LogP) is 1.39. The lowest BCUT2D eigenvalue weighted by atomic mass is 10.2. The predicted molar refractivity (Wildman–Crippen MR) is 88.0 cm³/mol. The Morgan fingerprint density at radius 2 is 2.23 bits per heavy atom. The number of nitrogens with one attached hydrogen (secondary N) is 2. The minimum atomic E-state index is 0.0203. The third-order valence-electron chi connectivity index (χ3n) is 4.24. The van der Waals surface area contributed by atoms with Gasteiger partial charge >= 0.3 is 0 Å². The summed E-state index contributed by atoms with van der Waals surface area (Å²) in [6, 6.07) is 8.31. The number of hydrogen-bond acceptors (Lipinski definition) is 4. The smallest absolute Gasteiger partial charge is 0.234 e. The molecular weight excluding hydrogens is 278 g/mol. The Morgan fingerprint density at radius 3 is 3.00 bits per heavy atom. The van der Waals surface area contributed by atoms with Crippen molar-refractivity contribution in [3.63, 3.8) is 0 Å². The van der Waals surface area contributed by atoms with Gasteiger partial charge in [0.15, 0.2) is 0 Å². The minimum absolute atomic E-state index is 0.0203. The molecule has 5 nitrogen and oxygen atoms in total. The van der Waals surface area contributed by atoms with Gasteiger partial charge < -0.3 is 15.4 Å². The molecule has 2 N–H and O–H groups in total. The minimum Gasteiger partial charge on any atom is -0.496 e. The van der Waals surface area contributed by atoms with Crippen molar-refractivity contribution in [2.45, 2.75) is 32.4 Å². The maximum Gasteiger partial charge on any atom is 0.234 e. The van der Waals surface area contributed by atoms with Gasteiger partial charge in [0.1, 0.15) is 5.75 Å². The van der Waals surface area contributed by atoms with Gasteiger partial charge in [-0.25, -0.2) is 0 Å². The summed E-state index contributed by atoms with van der Waals surface area (Å²) in [6.45, 7) is 6.21. The summed E-state index contributed by atoms with van der Waals surface area (Å²) in [5.41, 5.74) is 0.992. The molecule has 1 heterocycles. The number of carbonyl (C=O) groups is 1. The molecule has 1 aliphatic rings. The molecule has 0 spiro atoms. The van der Waals surface area contributed by atoms with Crippen molar-refractivity contribution in [2.75, 3.05) is 33.3 Å². The molecule has 0 saturated carbocycles. The molecule has 1 amide bonds. The van der Waals surface area contributed by atoms with Crippen LogP contribution >= 0.6 is 0 Å². The van der Waals surface area contributed by atoms with Crippen molar-refractivity contribution < 1.29 is 9.53 Å². The SMILES string of the molecule is CCN1CCC[C@H]1CNCC(=O)NCc1ccccc1OC. The molecule has 122 valence electrons. The van der Waals surface area contributed by atoms with Crippen LogP contribution in [0.15, 0.2) is 24.3 Å². The second-order valence-corrected chi connectivity index (χ2v) is 5.64. The quantitative estimate of drug-likeness (QED) is 0.762. The Kier molecular flexibility index (Phi) is 6.68. The largest absolute Gasteiger partial charge is 0.496 e. The molecule has 1 fully saturated rings. The zero-order valence-electron chi connectivity index (χ0n) is 13.6. The third-order valence-corrected chi connectivity index (χ3v) is 4.24. The Hall–Kier alpha value is -1.59.